The number of halogens is 3. The van der Waals surface area contributed by atoms with Gasteiger partial charge in [-0.1, -0.05) is 72.8 Å². The largest absolute Gasteiger partial charge is 0.457 e. The average Bonchev–Trinajstić information content (AvgIpc) is 2.84. The second-order valence-electron chi connectivity index (χ2n) is 7.92. The zero-order valence-electron chi connectivity index (χ0n) is 18.3. The summed E-state index contributed by atoms with van der Waals surface area (Å²) in [6.45, 7) is -0.420. The number of anilines is 1. The molecule has 0 radical (unpaired) electrons. The van der Waals surface area contributed by atoms with E-state index in [1.165, 1.54) is 4.90 Å². The van der Waals surface area contributed by atoms with Gasteiger partial charge in [0.05, 0.1) is 6.54 Å². The highest BCUT2D eigenvalue weighted by atomic mass is 19.4. The lowest BCUT2D eigenvalue weighted by molar-refractivity contribution is -0.200. The maximum atomic E-state index is 13.2. The number of para-hydroxylation sites is 1. The van der Waals surface area contributed by atoms with Crippen molar-refractivity contribution in [3.8, 4) is 22.6 Å². The van der Waals surface area contributed by atoms with Crippen LogP contribution in [0.3, 0.4) is 0 Å². The molecule has 0 bridgehead atoms. The zero-order chi connectivity index (χ0) is 24.0. The van der Waals surface area contributed by atoms with Crippen molar-refractivity contribution in [3.05, 3.63) is 115 Å². The molecule has 1 atom stereocenters. The van der Waals surface area contributed by atoms with E-state index in [1.807, 2.05) is 72.8 Å². The molecule has 0 heterocycles. The number of ether oxygens (including phenoxy) is 1. The number of rotatable bonds is 8. The third-order valence-electron chi connectivity index (χ3n) is 5.34. The molecule has 0 spiro atoms. The first-order valence-corrected chi connectivity index (χ1v) is 10.9. The molecule has 0 aliphatic rings. The van der Waals surface area contributed by atoms with E-state index in [-0.39, 0.29) is 6.54 Å². The number of hydrogen-bond acceptors (Lipinski definition) is 3. The van der Waals surface area contributed by atoms with E-state index < -0.39 is 18.8 Å². The minimum atomic E-state index is -4.72. The number of alkyl halides is 3. The summed E-state index contributed by atoms with van der Waals surface area (Å²) in [6, 6.07) is 33.4. The highest BCUT2D eigenvalue weighted by Crippen LogP contribution is 2.30. The monoisotopic (exact) mass is 463 g/mol. The summed E-state index contributed by atoms with van der Waals surface area (Å²) in [5.74, 6) is 1.12. The van der Waals surface area contributed by atoms with Crippen LogP contribution in [0.15, 0.2) is 109 Å². The zero-order valence-corrected chi connectivity index (χ0v) is 18.3. The quantitative estimate of drug-likeness (QED) is 0.303. The van der Waals surface area contributed by atoms with Gasteiger partial charge < -0.3 is 14.7 Å². The Morgan fingerprint density at radius 2 is 1.32 bits per heavy atom. The minimum Gasteiger partial charge on any atom is -0.457 e. The predicted molar refractivity (Wildman–Crippen MR) is 128 cm³/mol. The highest BCUT2D eigenvalue weighted by Gasteiger charge is 2.39. The third-order valence-corrected chi connectivity index (χ3v) is 5.34. The molecule has 1 N–H and O–H groups in total. The van der Waals surface area contributed by atoms with Crippen LogP contribution in [0.25, 0.3) is 11.1 Å². The van der Waals surface area contributed by atoms with E-state index in [4.69, 9.17) is 4.74 Å². The van der Waals surface area contributed by atoms with Crippen LogP contribution in [-0.4, -0.2) is 23.9 Å². The molecule has 4 rings (SSSR count). The van der Waals surface area contributed by atoms with Crippen molar-refractivity contribution in [1.82, 2.24) is 0 Å². The predicted octanol–water partition coefficient (Wildman–Crippen LogP) is 7.08. The molecule has 3 nitrogen and oxygen atoms in total. The van der Waals surface area contributed by atoms with Gasteiger partial charge in [0.2, 0.25) is 0 Å². The number of nitrogens with zero attached hydrogens (tertiary/aromatic N) is 1. The standard InChI is InChI=1S/C28H24F3NO2/c29-28(30,31)27(33)20-32(19-21-9-7-12-23(17-21)22-10-3-1-4-11-22)24-13-8-16-26(18-24)34-25-14-5-2-6-15-25/h1-18,27,33H,19-20H2. The minimum absolute atomic E-state index is 0.183. The van der Waals surface area contributed by atoms with E-state index in [1.54, 1.807) is 36.4 Å². The van der Waals surface area contributed by atoms with Crippen molar-refractivity contribution >= 4 is 5.69 Å². The van der Waals surface area contributed by atoms with Gasteiger partial charge in [0.25, 0.3) is 0 Å². The molecule has 0 aromatic heterocycles. The second kappa shape index (κ2) is 10.4. The summed E-state index contributed by atoms with van der Waals surface area (Å²) >= 11 is 0. The van der Waals surface area contributed by atoms with Gasteiger partial charge in [0.15, 0.2) is 6.10 Å². The molecule has 0 saturated carbocycles. The SMILES string of the molecule is OC(CN(Cc1cccc(-c2ccccc2)c1)c1cccc(Oc2ccccc2)c1)C(F)(F)F. The Kier molecular flexibility index (Phi) is 7.18. The number of aliphatic hydroxyl groups excluding tert-OH is 1. The van der Waals surface area contributed by atoms with Crippen molar-refractivity contribution in [3.63, 3.8) is 0 Å². The molecule has 4 aromatic rings. The molecule has 0 aliphatic carbocycles. The maximum absolute atomic E-state index is 13.2. The second-order valence-corrected chi connectivity index (χ2v) is 7.92. The lowest BCUT2D eigenvalue weighted by Crippen LogP contribution is -2.40. The Morgan fingerprint density at radius 3 is 2.03 bits per heavy atom. The van der Waals surface area contributed by atoms with E-state index in [0.717, 1.165) is 16.7 Å². The van der Waals surface area contributed by atoms with Crippen LogP contribution >= 0.6 is 0 Å². The molecular formula is C28H24F3NO2. The van der Waals surface area contributed by atoms with E-state index in [9.17, 15) is 18.3 Å². The summed E-state index contributed by atoms with van der Waals surface area (Å²) in [5.41, 5.74) is 3.33. The Morgan fingerprint density at radius 1 is 0.706 bits per heavy atom. The summed E-state index contributed by atoms with van der Waals surface area (Å²) in [6.07, 6.45) is -7.20. The fourth-order valence-electron chi connectivity index (χ4n) is 3.64. The number of benzene rings is 4. The van der Waals surface area contributed by atoms with Crippen LogP contribution in [0.2, 0.25) is 0 Å². The normalized spacial score (nSPS) is 12.2. The Bertz CT molecular complexity index is 1200. The number of aliphatic hydroxyl groups is 1. The first kappa shape index (κ1) is 23.4. The van der Waals surface area contributed by atoms with E-state index in [0.29, 0.717) is 17.2 Å². The van der Waals surface area contributed by atoms with Crippen LogP contribution in [0.1, 0.15) is 5.56 Å². The summed E-state index contributed by atoms with van der Waals surface area (Å²) in [5, 5.41) is 9.83. The summed E-state index contributed by atoms with van der Waals surface area (Å²) in [4.78, 5) is 1.51. The van der Waals surface area contributed by atoms with Crippen LogP contribution in [0, 0.1) is 0 Å². The smallest absolute Gasteiger partial charge is 0.416 e. The van der Waals surface area contributed by atoms with E-state index in [2.05, 4.69) is 0 Å². The molecule has 6 heteroatoms. The van der Waals surface area contributed by atoms with Gasteiger partial charge in [-0.15, -0.1) is 0 Å². The Balaban J connectivity index is 1.62. The molecule has 4 aromatic carbocycles. The molecule has 34 heavy (non-hydrogen) atoms. The Labute approximate surface area is 196 Å². The van der Waals surface area contributed by atoms with Crippen molar-refractivity contribution in [2.75, 3.05) is 11.4 Å². The maximum Gasteiger partial charge on any atom is 0.416 e. The molecule has 1 unspecified atom stereocenters. The highest BCUT2D eigenvalue weighted by molar-refractivity contribution is 5.64. The van der Waals surface area contributed by atoms with Crippen molar-refractivity contribution in [2.24, 2.45) is 0 Å². The molecule has 0 fully saturated rings. The van der Waals surface area contributed by atoms with Gasteiger partial charge in [-0.25, -0.2) is 0 Å². The lowest BCUT2D eigenvalue weighted by atomic mass is 10.0. The lowest BCUT2D eigenvalue weighted by Gasteiger charge is -2.29. The third kappa shape index (κ3) is 6.17. The van der Waals surface area contributed by atoms with Gasteiger partial charge in [0.1, 0.15) is 11.5 Å². The first-order valence-electron chi connectivity index (χ1n) is 10.9. The molecule has 0 amide bonds. The Hall–Kier alpha value is -3.77. The summed E-state index contributed by atoms with van der Waals surface area (Å²) < 4.78 is 45.5. The molecule has 0 saturated heterocycles. The molecular weight excluding hydrogens is 439 g/mol. The van der Waals surface area contributed by atoms with Gasteiger partial charge in [-0.05, 0) is 47.0 Å². The van der Waals surface area contributed by atoms with Gasteiger partial charge >= 0.3 is 6.18 Å². The average molecular weight is 463 g/mol. The van der Waals surface area contributed by atoms with Crippen molar-refractivity contribution in [2.45, 2.75) is 18.8 Å². The molecule has 174 valence electrons. The fraction of sp³-hybridized carbons (Fsp3) is 0.143. The number of hydrogen-bond donors (Lipinski definition) is 1. The van der Waals surface area contributed by atoms with Crippen LogP contribution in [0.4, 0.5) is 18.9 Å². The van der Waals surface area contributed by atoms with Crippen molar-refractivity contribution in [1.29, 1.82) is 0 Å². The topological polar surface area (TPSA) is 32.7 Å². The first-order chi connectivity index (χ1) is 16.4. The van der Waals surface area contributed by atoms with Crippen LogP contribution in [-0.2, 0) is 6.54 Å². The molecule has 0 aliphatic heterocycles. The van der Waals surface area contributed by atoms with Gasteiger partial charge in [0, 0.05) is 18.3 Å². The van der Waals surface area contributed by atoms with E-state index >= 15 is 0 Å². The van der Waals surface area contributed by atoms with Gasteiger partial charge in [-0.3, -0.25) is 0 Å². The van der Waals surface area contributed by atoms with Gasteiger partial charge in [-0.2, -0.15) is 13.2 Å². The van der Waals surface area contributed by atoms with Crippen molar-refractivity contribution < 1.29 is 23.0 Å². The summed E-state index contributed by atoms with van der Waals surface area (Å²) in [7, 11) is 0. The van der Waals surface area contributed by atoms with Crippen LogP contribution in [0.5, 0.6) is 11.5 Å². The van der Waals surface area contributed by atoms with Crippen LogP contribution < -0.4 is 9.64 Å². The fourth-order valence-corrected chi connectivity index (χ4v) is 3.64.